The smallest absolute Gasteiger partial charge is 0.389 e. The van der Waals surface area contributed by atoms with Crippen molar-refractivity contribution < 1.29 is 32.6 Å². The Labute approximate surface area is 171 Å². The number of carbonyl (C=O) groups is 2. The summed E-state index contributed by atoms with van der Waals surface area (Å²) in [7, 11) is 0. The largest absolute Gasteiger partial charge is 0.493 e. The molecule has 0 saturated carbocycles. The lowest BCUT2D eigenvalue weighted by Crippen LogP contribution is -2.40. The number of alkyl halides is 3. The van der Waals surface area contributed by atoms with E-state index in [2.05, 4.69) is 5.10 Å². The molecule has 1 saturated heterocycles. The summed E-state index contributed by atoms with van der Waals surface area (Å²) < 4.78 is 44.3. The van der Waals surface area contributed by atoms with Crippen molar-refractivity contribution in [3.05, 3.63) is 24.4 Å². The number of nitrogens with zero attached hydrogens (tertiary/aromatic N) is 3. The molecule has 0 aliphatic carbocycles. The van der Waals surface area contributed by atoms with E-state index >= 15 is 0 Å². The fraction of sp³-hybridized carbons (Fsp3) is 0.550. The Morgan fingerprint density at radius 1 is 1.20 bits per heavy atom. The van der Waals surface area contributed by atoms with Gasteiger partial charge in [-0.1, -0.05) is 0 Å². The third kappa shape index (κ3) is 6.11. The van der Waals surface area contributed by atoms with Gasteiger partial charge in [0.2, 0.25) is 5.91 Å². The Hall–Kier alpha value is -2.78. The zero-order chi connectivity index (χ0) is 21.7. The zero-order valence-electron chi connectivity index (χ0n) is 16.4. The van der Waals surface area contributed by atoms with Crippen LogP contribution in [0.2, 0.25) is 0 Å². The average molecular weight is 427 g/mol. The lowest BCUT2D eigenvalue weighted by molar-refractivity contribution is -0.149. The van der Waals surface area contributed by atoms with Crippen molar-refractivity contribution in [2.75, 3.05) is 19.7 Å². The van der Waals surface area contributed by atoms with Gasteiger partial charge in [-0.2, -0.15) is 18.3 Å². The number of aliphatic carboxylic acids is 1. The molecule has 1 aliphatic rings. The molecule has 1 aliphatic heterocycles. The number of ether oxygens (including phenoxy) is 1. The molecule has 0 radical (unpaired) electrons. The van der Waals surface area contributed by atoms with Crippen LogP contribution >= 0.6 is 0 Å². The van der Waals surface area contributed by atoms with Crippen molar-refractivity contribution in [3.8, 4) is 5.75 Å². The van der Waals surface area contributed by atoms with Crippen LogP contribution < -0.4 is 4.74 Å². The van der Waals surface area contributed by atoms with Crippen molar-refractivity contribution in [2.24, 2.45) is 5.92 Å². The lowest BCUT2D eigenvalue weighted by atomic mass is 9.97. The molecule has 0 atom stereocenters. The number of hydrogen-bond acceptors (Lipinski definition) is 4. The second-order valence-corrected chi connectivity index (χ2v) is 7.48. The first-order valence-corrected chi connectivity index (χ1v) is 9.86. The van der Waals surface area contributed by atoms with Gasteiger partial charge in [-0.25, -0.2) is 0 Å². The SMILES string of the molecule is O=C(O)CCn1ncc2cc(OCC3CCN(C(=O)CCC(F)(F)F)CC3)ccc21. The topological polar surface area (TPSA) is 84.7 Å². The van der Waals surface area contributed by atoms with E-state index in [9.17, 15) is 22.8 Å². The van der Waals surface area contributed by atoms with Gasteiger partial charge in [0, 0.05) is 24.9 Å². The summed E-state index contributed by atoms with van der Waals surface area (Å²) in [5.74, 6) is -0.432. The van der Waals surface area contributed by atoms with Gasteiger partial charge in [-0.15, -0.1) is 0 Å². The Bertz CT molecular complexity index is 889. The van der Waals surface area contributed by atoms with E-state index in [1.807, 2.05) is 12.1 Å². The molecule has 0 bridgehead atoms. The number of piperidine rings is 1. The fourth-order valence-corrected chi connectivity index (χ4v) is 3.50. The highest BCUT2D eigenvalue weighted by Gasteiger charge is 2.30. The van der Waals surface area contributed by atoms with E-state index in [-0.39, 0.29) is 12.3 Å². The third-order valence-electron chi connectivity index (χ3n) is 5.23. The molecule has 1 amide bonds. The van der Waals surface area contributed by atoms with Crippen LogP contribution in [-0.4, -0.2) is 57.5 Å². The van der Waals surface area contributed by atoms with Gasteiger partial charge in [0.15, 0.2) is 0 Å². The van der Waals surface area contributed by atoms with Crippen LogP contribution in [0.4, 0.5) is 13.2 Å². The number of carbonyl (C=O) groups excluding carboxylic acids is 1. The minimum atomic E-state index is -4.31. The van der Waals surface area contributed by atoms with Gasteiger partial charge in [0.1, 0.15) is 5.75 Å². The minimum Gasteiger partial charge on any atom is -0.493 e. The van der Waals surface area contributed by atoms with Crippen molar-refractivity contribution in [1.29, 1.82) is 0 Å². The van der Waals surface area contributed by atoms with Crippen molar-refractivity contribution >= 4 is 22.8 Å². The monoisotopic (exact) mass is 427 g/mol. The third-order valence-corrected chi connectivity index (χ3v) is 5.23. The molecule has 0 unspecified atom stereocenters. The van der Waals surface area contributed by atoms with Crippen molar-refractivity contribution in [3.63, 3.8) is 0 Å². The number of aromatic nitrogens is 2. The van der Waals surface area contributed by atoms with Crippen LogP contribution in [0.1, 0.15) is 32.1 Å². The number of benzene rings is 1. The maximum atomic E-state index is 12.3. The number of amides is 1. The Morgan fingerprint density at radius 2 is 1.93 bits per heavy atom. The van der Waals surface area contributed by atoms with Crippen molar-refractivity contribution in [2.45, 2.75) is 44.8 Å². The number of carboxylic acid groups (broad SMARTS) is 1. The Balaban J connectivity index is 1.45. The quantitative estimate of drug-likeness (QED) is 0.697. The zero-order valence-corrected chi connectivity index (χ0v) is 16.4. The van der Waals surface area contributed by atoms with Gasteiger partial charge in [0.05, 0.1) is 37.7 Å². The van der Waals surface area contributed by atoms with E-state index in [0.29, 0.717) is 44.8 Å². The Kier molecular flexibility index (Phi) is 6.84. The molecular weight excluding hydrogens is 403 g/mol. The number of fused-ring (bicyclic) bond motifs is 1. The van der Waals surface area contributed by atoms with E-state index in [1.54, 1.807) is 16.9 Å². The molecule has 7 nitrogen and oxygen atoms in total. The molecule has 1 aromatic heterocycles. The molecule has 10 heteroatoms. The second kappa shape index (κ2) is 9.36. The first-order valence-electron chi connectivity index (χ1n) is 9.86. The normalized spacial score (nSPS) is 15.5. The predicted molar refractivity (Wildman–Crippen MR) is 102 cm³/mol. The number of halogens is 3. The maximum absolute atomic E-state index is 12.3. The van der Waals surface area contributed by atoms with Crippen LogP contribution in [-0.2, 0) is 16.1 Å². The van der Waals surface area contributed by atoms with Gasteiger partial charge in [-0.3, -0.25) is 14.3 Å². The summed E-state index contributed by atoms with van der Waals surface area (Å²) in [5.41, 5.74) is 0.828. The van der Waals surface area contributed by atoms with E-state index in [1.165, 1.54) is 4.90 Å². The van der Waals surface area contributed by atoms with Gasteiger partial charge in [-0.05, 0) is 37.0 Å². The molecule has 30 heavy (non-hydrogen) atoms. The number of hydrogen-bond donors (Lipinski definition) is 1. The highest BCUT2D eigenvalue weighted by atomic mass is 19.4. The molecule has 1 N–H and O–H groups in total. The van der Waals surface area contributed by atoms with Crippen LogP contribution in [0.15, 0.2) is 24.4 Å². The maximum Gasteiger partial charge on any atom is 0.389 e. The van der Waals surface area contributed by atoms with Gasteiger partial charge < -0.3 is 14.7 Å². The highest BCUT2D eigenvalue weighted by Crippen LogP contribution is 2.25. The molecule has 3 rings (SSSR count). The molecule has 2 heterocycles. The summed E-state index contributed by atoms with van der Waals surface area (Å²) in [6, 6.07) is 5.48. The Morgan fingerprint density at radius 3 is 2.60 bits per heavy atom. The number of rotatable bonds is 8. The fourth-order valence-electron chi connectivity index (χ4n) is 3.50. The van der Waals surface area contributed by atoms with Crippen LogP contribution in [0.5, 0.6) is 5.75 Å². The van der Waals surface area contributed by atoms with Crippen LogP contribution in [0.25, 0.3) is 10.9 Å². The minimum absolute atomic E-state index is 0.00750. The van der Waals surface area contributed by atoms with E-state index < -0.39 is 30.9 Å². The number of likely N-dealkylation sites (tertiary alicyclic amines) is 1. The lowest BCUT2D eigenvalue weighted by Gasteiger charge is -2.32. The summed E-state index contributed by atoms with van der Waals surface area (Å²) >= 11 is 0. The summed E-state index contributed by atoms with van der Waals surface area (Å²) in [6.45, 7) is 1.64. The van der Waals surface area contributed by atoms with Crippen LogP contribution in [0, 0.1) is 5.92 Å². The molecule has 164 valence electrons. The summed E-state index contributed by atoms with van der Waals surface area (Å²) in [5, 5.41) is 13.9. The predicted octanol–water partition coefficient (Wildman–Crippen LogP) is 3.47. The summed E-state index contributed by atoms with van der Waals surface area (Å²) in [6.07, 6.45) is -2.85. The first-order chi connectivity index (χ1) is 14.2. The van der Waals surface area contributed by atoms with Gasteiger partial charge in [0.25, 0.3) is 0 Å². The van der Waals surface area contributed by atoms with Gasteiger partial charge >= 0.3 is 12.1 Å². The van der Waals surface area contributed by atoms with E-state index in [4.69, 9.17) is 9.84 Å². The van der Waals surface area contributed by atoms with Crippen molar-refractivity contribution in [1.82, 2.24) is 14.7 Å². The molecule has 2 aromatic rings. The highest BCUT2D eigenvalue weighted by molar-refractivity contribution is 5.80. The molecular formula is C20H24F3N3O4. The average Bonchev–Trinajstić information content (AvgIpc) is 3.11. The summed E-state index contributed by atoms with van der Waals surface area (Å²) in [4.78, 5) is 24.1. The number of carboxylic acids is 1. The molecule has 0 spiro atoms. The molecule has 1 aromatic carbocycles. The van der Waals surface area contributed by atoms with E-state index in [0.717, 1.165) is 10.9 Å². The first kappa shape index (κ1) is 21.9. The standard InChI is InChI=1S/C20H24F3N3O4/c21-20(22,23)7-3-18(27)25-8-4-14(5-9-25)13-30-16-1-2-17-15(11-16)12-24-26(17)10-6-19(28)29/h1-2,11-12,14H,3-10,13H2,(H,28,29). The van der Waals surface area contributed by atoms with Crippen LogP contribution in [0.3, 0.4) is 0 Å². The molecule has 1 fully saturated rings. The second-order valence-electron chi connectivity index (χ2n) is 7.48. The number of aryl methyl sites for hydroxylation is 1.